The Kier molecular flexibility index (Phi) is 7.40. The molecular formula is C19H30N6O5. The number of carbonyl (C=O) groups excluding carboxylic acids is 1. The molecule has 166 valence electrons. The van der Waals surface area contributed by atoms with Gasteiger partial charge in [-0.2, -0.15) is 4.98 Å². The number of aliphatic hydroxyl groups is 1. The Morgan fingerprint density at radius 3 is 2.60 bits per heavy atom. The quantitative estimate of drug-likeness (QED) is 0.461. The predicted octanol–water partition coefficient (Wildman–Crippen LogP) is 0.412. The number of aliphatic hydroxyl groups excluding tert-OH is 1. The van der Waals surface area contributed by atoms with Crippen LogP contribution >= 0.6 is 0 Å². The fourth-order valence-electron chi connectivity index (χ4n) is 3.63. The van der Waals surface area contributed by atoms with Crippen LogP contribution in [0, 0.1) is 0 Å². The van der Waals surface area contributed by atoms with Gasteiger partial charge in [0.15, 0.2) is 11.2 Å². The van der Waals surface area contributed by atoms with Crippen molar-refractivity contribution in [1.82, 2.24) is 19.5 Å². The maximum Gasteiger partial charge on any atom is 0.326 e. The van der Waals surface area contributed by atoms with Crippen LogP contribution in [0.15, 0.2) is 11.1 Å². The number of carbonyl (C=O) groups is 1. The number of esters is 1. The van der Waals surface area contributed by atoms with Crippen molar-refractivity contribution in [2.75, 3.05) is 18.9 Å². The first kappa shape index (κ1) is 22.2. The summed E-state index contributed by atoms with van der Waals surface area (Å²) < 4.78 is 12.5. The second-order valence-corrected chi connectivity index (χ2v) is 7.81. The topological polar surface area (TPSA) is 171 Å². The molecule has 3 rings (SSSR count). The number of imidazole rings is 1. The van der Waals surface area contributed by atoms with Gasteiger partial charge in [-0.3, -0.25) is 19.1 Å². The third-order valence-corrected chi connectivity index (χ3v) is 5.45. The molecule has 1 saturated carbocycles. The van der Waals surface area contributed by atoms with Crippen LogP contribution in [0.4, 0.5) is 5.95 Å². The van der Waals surface area contributed by atoms with Gasteiger partial charge in [-0.25, -0.2) is 4.98 Å². The van der Waals surface area contributed by atoms with Gasteiger partial charge in [-0.05, 0) is 12.8 Å². The molecular weight excluding hydrogens is 392 g/mol. The maximum atomic E-state index is 12.6. The minimum atomic E-state index is -0.993. The van der Waals surface area contributed by atoms with E-state index < -0.39 is 23.2 Å². The molecule has 1 aliphatic rings. The van der Waals surface area contributed by atoms with E-state index in [1.54, 1.807) is 0 Å². The number of nitrogens with one attached hydrogen (secondary N) is 1. The summed E-state index contributed by atoms with van der Waals surface area (Å²) in [5.74, 6) is -0.495. The molecule has 0 saturated heterocycles. The van der Waals surface area contributed by atoms with Crippen LogP contribution in [0.3, 0.4) is 0 Å². The number of nitrogens with two attached hydrogens (primary N) is 2. The van der Waals surface area contributed by atoms with E-state index in [9.17, 15) is 14.7 Å². The predicted molar refractivity (Wildman–Crippen MR) is 109 cm³/mol. The van der Waals surface area contributed by atoms with Crippen molar-refractivity contribution in [2.45, 2.75) is 69.7 Å². The van der Waals surface area contributed by atoms with Crippen molar-refractivity contribution in [1.29, 1.82) is 0 Å². The van der Waals surface area contributed by atoms with Crippen molar-refractivity contribution in [3.05, 3.63) is 16.7 Å². The first-order chi connectivity index (χ1) is 14.4. The molecule has 0 bridgehead atoms. The lowest BCUT2D eigenvalue weighted by atomic mass is 9.89. The smallest absolute Gasteiger partial charge is 0.326 e. The zero-order valence-electron chi connectivity index (χ0n) is 17.0. The summed E-state index contributed by atoms with van der Waals surface area (Å²) in [5.41, 5.74) is 10.9. The molecule has 2 aromatic heterocycles. The van der Waals surface area contributed by atoms with Crippen LogP contribution in [0.1, 0.15) is 51.4 Å². The SMILES string of the molecule is Nc1nc2c(ncn2COC(CO)COC(=O)C2(N)CCCCCCCC2)c(=O)[nH]1. The molecule has 0 aromatic carbocycles. The van der Waals surface area contributed by atoms with Crippen LogP contribution in [0.5, 0.6) is 0 Å². The van der Waals surface area contributed by atoms with Crippen LogP contribution in [0.25, 0.3) is 11.2 Å². The first-order valence-corrected chi connectivity index (χ1v) is 10.3. The summed E-state index contributed by atoms with van der Waals surface area (Å²) in [6, 6.07) is 0. The Hall–Kier alpha value is -2.50. The van der Waals surface area contributed by atoms with Crippen LogP contribution < -0.4 is 17.0 Å². The van der Waals surface area contributed by atoms with Gasteiger partial charge in [0, 0.05) is 0 Å². The monoisotopic (exact) mass is 422 g/mol. The summed E-state index contributed by atoms with van der Waals surface area (Å²) in [6.07, 6.45) is 8.08. The third kappa shape index (κ3) is 5.35. The van der Waals surface area contributed by atoms with Gasteiger partial charge in [0.1, 0.15) is 25.0 Å². The molecule has 1 aliphatic carbocycles. The van der Waals surface area contributed by atoms with Gasteiger partial charge >= 0.3 is 5.97 Å². The molecule has 0 aliphatic heterocycles. The van der Waals surface area contributed by atoms with E-state index in [1.807, 2.05) is 0 Å². The van der Waals surface area contributed by atoms with Crippen molar-refractivity contribution in [3.8, 4) is 0 Å². The molecule has 1 atom stereocenters. The number of aromatic amines is 1. The number of H-pyrrole nitrogens is 1. The molecule has 0 amide bonds. The standard InChI is InChI=1S/C19H30N6O5/c20-18-23-15-14(16(27)24-18)22-11-25(15)12-30-13(9-26)10-29-17(28)19(21)7-5-3-1-2-4-6-8-19/h11,13,26H,1-10,12,21H2,(H3,20,23,24,27). The second-order valence-electron chi connectivity index (χ2n) is 7.81. The number of hydrogen-bond acceptors (Lipinski definition) is 9. The summed E-state index contributed by atoms with van der Waals surface area (Å²) >= 11 is 0. The fourth-order valence-corrected chi connectivity index (χ4v) is 3.63. The highest BCUT2D eigenvalue weighted by atomic mass is 16.6. The van der Waals surface area contributed by atoms with Gasteiger partial charge in [0.25, 0.3) is 5.56 Å². The molecule has 6 N–H and O–H groups in total. The number of nitrogens with zero attached hydrogens (tertiary/aromatic N) is 3. The highest BCUT2D eigenvalue weighted by molar-refractivity contribution is 5.80. The summed E-state index contributed by atoms with van der Waals surface area (Å²) in [4.78, 5) is 34.9. The first-order valence-electron chi connectivity index (χ1n) is 10.3. The Labute approximate surface area is 173 Å². The van der Waals surface area contributed by atoms with Crippen molar-refractivity contribution in [2.24, 2.45) is 5.73 Å². The molecule has 11 heteroatoms. The lowest BCUT2D eigenvalue weighted by Gasteiger charge is -2.27. The largest absolute Gasteiger partial charge is 0.461 e. The molecule has 30 heavy (non-hydrogen) atoms. The lowest BCUT2D eigenvalue weighted by Crippen LogP contribution is -2.49. The molecule has 1 unspecified atom stereocenters. The highest BCUT2D eigenvalue weighted by Gasteiger charge is 2.35. The average molecular weight is 422 g/mol. The Morgan fingerprint density at radius 1 is 1.27 bits per heavy atom. The fraction of sp³-hybridized carbons (Fsp3) is 0.684. The van der Waals surface area contributed by atoms with Crippen LogP contribution in [-0.4, -0.2) is 55.5 Å². The molecule has 1 fully saturated rings. The van der Waals surface area contributed by atoms with Crippen LogP contribution in [0.2, 0.25) is 0 Å². The third-order valence-electron chi connectivity index (χ3n) is 5.45. The molecule has 2 aromatic rings. The van der Waals surface area contributed by atoms with Gasteiger partial charge in [0.2, 0.25) is 5.95 Å². The summed E-state index contributed by atoms with van der Waals surface area (Å²) in [7, 11) is 0. The second kappa shape index (κ2) is 10.0. The average Bonchev–Trinajstić information content (AvgIpc) is 3.16. The maximum absolute atomic E-state index is 12.6. The minimum absolute atomic E-state index is 0.0369. The van der Waals surface area contributed by atoms with E-state index in [0.29, 0.717) is 12.8 Å². The number of fused-ring (bicyclic) bond motifs is 1. The number of aromatic nitrogens is 4. The molecule has 0 spiro atoms. The Morgan fingerprint density at radius 2 is 1.93 bits per heavy atom. The number of anilines is 1. The zero-order valence-corrected chi connectivity index (χ0v) is 17.0. The molecule has 0 radical (unpaired) electrons. The zero-order chi connectivity index (χ0) is 21.6. The summed E-state index contributed by atoms with van der Waals surface area (Å²) in [6.45, 7) is -0.534. The number of nitrogen functional groups attached to an aromatic ring is 1. The van der Waals surface area contributed by atoms with E-state index in [2.05, 4.69) is 15.0 Å². The highest BCUT2D eigenvalue weighted by Crippen LogP contribution is 2.25. The van der Waals surface area contributed by atoms with E-state index in [-0.39, 0.29) is 37.1 Å². The lowest BCUT2D eigenvalue weighted by molar-refractivity contribution is -0.157. The van der Waals surface area contributed by atoms with E-state index in [0.717, 1.165) is 25.7 Å². The van der Waals surface area contributed by atoms with Gasteiger partial charge in [-0.15, -0.1) is 0 Å². The van der Waals surface area contributed by atoms with E-state index in [4.69, 9.17) is 20.9 Å². The Balaban J connectivity index is 1.56. The van der Waals surface area contributed by atoms with Crippen molar-refractivity contribution < 1.29 is 19.4 Å². The minimum Gasteiger partial charge on any atom is -0.461 e. The number of rotatable bonds is 7. The van der Waals surface area contributed by atoms with Gasteiger partial charge in [-0.1, -0.05) is 38.5 Å². The molecule has 11 nitrogen and oxygen atoms in total. The van der Waals surface area contributed by atoms with E-state index in [1.165, 1.54) is 23.7 Å². The van der Waals surface area contributed by atoms with Crippen molar-refractivity contribution in [3.63, 3.8) is 0 Å². The number of ether oxygens (including phenoxy) is 2. The summed E-state index contributed by atoms with van der Waals surface area (Å²) in [5, 5.41) is 9.60. The van der Waals surface area contributed by atoms with E-state index >= 15 is 0 Å². The van der Waals surface area contributed by atoms with Crippen molar-refractivity contribution >= 4 is 23.1 Å². The van der Waals surface area contributed by atoms with Gasteiger partial charge < -0.3 is 26.0 Å². The van der Waals surface area contributed by atoms with Gasteiger partial charge in [0.05, 0.1) is 12.9 Å². The van der Waals surface area contributed by atoms with Crippen LogP contribution in [-0.2, 0) is 21.0 Å². The number of hydrogen-bond donors (Lipinski definition) is 4. The normalized spacial score (nSPS) is 18.3. The Bertz CT molecular complexity index is 900. The molecule has 2 heterocycles.